The van der Waals surface area contributed by atoms with E-state index in [9.17, 15) is 4.79 Å². The monoisotopic (exact) mass is 411 g/mol. The maximum Gasteiger partial charge on any atom is 0.298 e. The Balaban J connectivity index is 1.70. The van der Waals surface area contributed by atoms with Crippen LogP contribution in [0.3, 0.4) is 0 Å². The largest absolute Gasteiger partial charge is 0.497 e. The summed E-state index contributed by atoms with van der Waals surface area (Å²) in [6, 6.07) is 13.2. The number of rotatable bonds is 8. The first-order chi connectivity index (χ1) is 13.9. The number of hydrogen-bond acceptors (Lipinski definition) is 6. The van der Waals surface area contributed by atoms with Crippen molar-refractivity contribution in [2.24, 2.45) is 5.92 Å². The highest BCUT2D eigenvalue weighted by Gasteiger charge is 2.13. The van der Waals surface area contributed by atoms with Crippen LogP contribution < -0.4 is 14.8 Å². The van der Waals surface area contributed by atoms with Crippen molar-refractivity contribution in [1.82, 2.24) is 14.7 Å². The van der Waals surface area contributed by atoms with Crippen LogP contribution in [0.1, 0.15) is 41.2 Å². The third-order valence-electron chi connectivity index (χ3n) is 4.26. The van der Waals surface area contributed by atoms with Crippen LogP contribution in [-0.2, 0) is 6.42 Å². The number of nitrogens with zero attached hydrogens (tertiary/aromatic N) is 2. The van der Waals surface area contributed by atoms with Crippen LogP contribution in [0.4, 0.5) is 0 Å². The molecule has 152 valence electrons. The number of carbonyl (C=O) groups excluding carboxylic acids is 1. The highest BCUT2D eigenvalue weighted by Crippen LogP contribution is 2.28. The molecule has 6 nitrogen and oxygen atoms in total. The summed E-state index contributed by atoms with van der Waals surface area (Å²) in [7, 11) is 1.64. The second-order valence-corrected chi connectivity index (χ2v) is 7.91. The first-order valence-electron chi connectivity index (χ1n) is 9.47. The fourth-order valence-corrected chi connectivity index (χ4v) is 3.22. The van der Waals surface area contributed by atoms with Crippen LogP contribution in [0, 0.1) is 12.8 Å². The number of benzene rings is 2. The van der Waals surface area contributed by atoms with Gasteiger partial charge in [-0.1, -0.05) is 32.0 Å². The molecule has 1 amide bonds. The fraction of sp³-hybridized carbons (Fsp3) is 0.318. The third-order valence-corrected chi connectivity index (χ3v) is 4.90. The van der Waals surface area contributed by atoms with Gasteiger partial charge in [0.05, 0.1) is 7.11 Å². The zero-order chi connectivity index (χ0) is 20.8. The Morgan fingerprint density at radius 1 is 1.21 bits per heavy atom. The highest BCUT2D eigenvalue weighted by molar-refractivity contribution is 7.07. The summed E-state index contributed by atoms with van der Waals surface area (Å²) in [4.78, 5) is 16.8. The average Bonchev–Trinajstić information content (AvgIpc) is 3.14. The van der Waals surface area contributed by atoms with Gasteiger partial charge in [0, 0.05) is 30.1 Å². The fourth-order valence-electron chi connectivity index (χ4n) is 2.66. The smallest absolute Gasteiger partial charge is 0.298 e. The standard InChI is InChI=1S/C22H25N3O3S/c1-14(2)13-23-21(26)17-9-8-15(3)19(12-17)28-22-24-20(25-29-22)11-16-6-5-7-18(10-16)27-4/h5-10,12,14H,11,13H2,1-4H3,(H,23,26). The van der Waals surface area contributed by atoms with Gasteiger partial charge in [-0.3, -0.25) is 4.79 Å². The minimum Gasteiger partial charge on any atom is -0.497 e. The molecule has 0 aliphatic carbocycles. The van der Waals surface area contributed by atoms with E-state index in [1.807, 2.05) is 37.3 Å². The summed E-state index contributed by atoms with van der Waals surface area (Å²) in [5, 5.41) is 3.37. The average molecular weight is 412 g/mol. The van der Waals surface area contributed by atoms with Crippen molar-refractivity contribution in [1.29, 1.82) is 0 Å². The Bertz CT molecular complexity index is 985. The third kappa shape index (κ3) is 5.77. The first kappa shape index (κ1) is 20.8. The van der Waals surface area contributed by atoms with E-state index in [0.29, 0.717) is 41.2 Å². The van der Waals surface area contributed by atoms with Gasteiger partial charge in [0.2, 0.25) is 0 Å². The van der Waals surface area contributed by atoms with Crippen molar-refractivity contribution >= 4 is 17.4 Å². The van der Waals surface area contributed by atoms with Gasteiger partial charge >= 0.3 is 0 Å². The normalized spacial score (nSPS) is 10.8. The maximum atomic E-state index is 12.3. The molecule has 0 saturated carbocycles. The Kier molecular flexibility index (Phi) is 6.82. The number of carbonyl (C=O) groups is 1. The van der Waals surface area contributed by atoms with E-state index in [-0.39, 0.29) is 5.91 Å². The molecule has 0 spiro atoms. The van der Waals surface area contributed by atoms with Crippen molar-refractivity contribution in [2.45, 2.75) is 27.2 Å². The van der Waals surface area contributed by atoms with Gasteiger partial charge in [0.25, 0.3) is 11.1 Å². The van der Waals surface area contributed by atoms with Crippen molar-refractivity contribution in [3.63, 3.8) is 0 Å². The second-order valence-electron chi connectivity index (χ2n) is 7.19. The van der Waals surface area contributed by atoms with Crippen LogP contribution in [0.25, 0.3) is 0 Å². The van der Waals surface area contributed by atoms with Gasteiger partial charge in [-0.05, 0) is 48.2 Å². The van der Waals surface area contributed by atoms with Gasteiger partial charge in [-0.25, -0.2) is 0 Å². The topological polar surface area (TPSA) is 73.3 Å². The van der Waals surface area contributed by atoms with Crippen molar-refractivity contribution in [3.8, 4) is 16.7 Å². The van der Waals surface area contributed by atoms with Crippen molar-refractivity contribution in [3.05, 3.63) is 65.0 Å². The molecular weight excluding hydrogens is 386 g/mol. The summed E-state index contributed by atoms with van der Waals surface area (Å²) in [5.74, 6) is 2.37. The Hall–Kier alpha value is -2.93. The lowest BCUT2D eigenvalue weighted by molar-refractivity contribution is 0.0948. The molecule has 0 atom stereocenters. The number of nitrogens with one attached hydrogen (secondary N) is 1. The zero-order valence-corrected chi connectivity index (χ0v) is 17.9. The van der Waals surface area contributed by atoms with Gasteiger partial charge in [-0.15, -0.1) is 0 Å². The second kappa shape index (κ2) is 9.52. The molecular formula is C22H25N3O3S. The summed E-state index contributed by atoms with van der Waals surface area (Å²) in [6.07, 6.45) is 0.591. The molecule has 1 aromatic heterocycles. The molecule has 1 N–H and O–H groups in total. The molecule has 3 aromatic rings. The van der Waals surface area contributed by atoms with Crippen LogP contribution in [0.5, 0.6) is 16.7 Å². The predicted octanol–water partition coefficient (Wildman–Crippen LogP) is 4.62. The molecule has 0 unspecified atom stereocenters. The Labute approximate surface area is 175 Å². The summed E-state index contributed by atoms with van der Waals surface area (Å²) < 4.78 is 15.6. The molecule has 29 heavy (non-hydrogen) atoms. The molecule has 0 saturated heterocycles. The predicted molar refractivity (Wildman–Crippen MR) is 114 cm³/mol. The number of aryl methyl sites for hydroxylation is 1. The molecule has 3 rings (SSSR count). The van der Waals surface area contributed by atoms with Crippen molar-refractivity contribution in [2.75, 3.05) is 13.7 Å². The van der Waals surface area contributed by atoms with E-state index >= 15 is 0 Å². The molecule has 7 heteroatoms. The zero-order valence-electron chi connectivity index (χ0n) is 17.1. The molecule has 0 fully saturated rings. The Morgan fingerprint density at radius 2 is 2.03 bits per heavy atom. The van der Waals surface area contributed by atoms with E-state index in [1.54, 1.807) is 19.2 Å². The van der Waals surface area contributed by atoms with E-state index in [1.165, 1.54) is 11.5 Å². The van der Waals surface area contributed by atoms with Gasteiger partial charge < -0.3 is 14.8 Å². The lowest BCUT2D eigenvalue weighted by atomic mass is 10.1. The minimum absolute atomic E-state index is 0.112. The lowest BCUT2D eigenvalue weighted by Gasteiger charge is -2.10. The molecule has 0 aliphatic heterocycles. The summed E-state index contributed by atoms with van der Waals surface area (Å²) in [5.41, 5.74) is 2.55. The quantitative estimate of drug-likeness (QED) is 0.585. The van der Waals surface area contributed by atoms with Crippen LogP contribution >= 0.6 is 11.5 Å². The SMILES string of the molecule is COc1cccc(Cc2nsc(Oc3cc(C(=O)NCC(C)C)ccc3C)n2)c1. The molecule has 0 radical (unpaired) electrons. The molecule has 0 aliphatic rings. The summed E-state index contributed by atoms with van der Waals surface area (Å²) >= 11 is 1.20. The molecule has 2 aromatic carbocycles. The number of methoxy groups -OCH3 is 1. The number of amides is 1. The lowest BCUT2D eigenvalue weighted by Crippen LogP contribution is -2.27. The van der Waals surface area contributed by atoms with E-state index in [2.05, 4.69) is 28.5 Å². The van der Waals surface area contributed by atoms with Gasteiger partial charge in [-0.2, -0.15) is 9.36 Å². The van der Waals surface area contributed by atoms with Gasteiger partial charge in [0.1, 0.15) is 11.5 Å². The molecule has 0 bridgehead atoms. The van der Waals surface area contributed by atoms with E-state index in [4.69, 9.17) is 9.47 Å². The summed E-state index contributed by atoms with van der Waals surface area (Å²) in [6.45, 7) is 6.68. The Morgan fingerprint density at radius 3 is 2.79 bits per heavy atom. The number of aromatic nitrogens is 2. The van der Waals surface area contributed by atoms with Crippen LogP contribution in [-0.4, -0.2) is 28.9 Å². The van der Waals surface area contributed by atoms with Crippen molar-refractivity contribution < 1.29 is 14.3 Å². The van der Waals surface area contributed by atoms with Gasteiger partial charge in [0.15, 0.2) is 5.82 Å². The highest BCUT2D eigenvalue weighted by atomic mass is 32.1. The molecule has 1 heterocycles. The van der Waals surface area contributed by atoms with Crippen LogP contribution in [0.15, 0.2) is 42.5 Å². The van der Waals surface area contributed by atoms with E-state index < -0.39 is 0 Å². The minimum atomic E-state index is -0.112. The van der Waals surface area contributed by atoms with E-state index in [0.717, 1.165) is 16.9 Å². The van der Waals surface area contributed by atoms with Crippen LogP contribution in [0.2, 0.25) is 0 Å². The maximum absolute atomic E-state index is 12.3. The number of ether oxygens (including phenoxy) is 2. The number of hydrogen-bond donors (Lipinski definition) is 1. The first-order valence-corrected chi connectivity index (χ1v) is 10.2.